The second kappa shape index (κ2) is 31.1. The van der Waals surface area contributed by atoms with Crippen LogP contribution >= 0.6 is 0 Å². The van der Waals surface area contributed by atoms with Crippen LogP contribution in [0, 0.1) is 145 Å². The highest BCUT2D eigenvalue weighted by molar-refractivity contribution is 6.00. The van der Waals surface area contributed by atoms with Gasteiger partial charge in [-0.25, -0.2) is 10.5 Å². The van der Waals surface area contributed by atoms with Gasteiger partial charge in [0.1, 0.15) is 0 Å². The SMILES string of the molecule is C/C=C1/C(=O)C2C3CC[C@H]([C@H](C)CCC(=O)N(C)OC)[C@@]3(C)CCC2[C@@]2(C)CC[C@@H](O)C[C@@H]12.C/C=C1/C(=O)C2C3CC[C@H]([C@H](C)CCC(=O)O)[C@@]3(C)CCC2[C@@]2(C)CC[C@@H](O)C[C@@H]12.CC[C@H]1[C@@H](O)C2C3CC[C@H]([C@H](C)CCC(=O)O)[C@@]3(C)CCC2[C@@]2(C)CC[C@@H](O)C[C@@H]12.CNOC. The first-order chi connectivity index (χ1) is 45.8. The van der Waals surface area contributed by atoms with Crippen molar-refractivity contribution in [2.75, 3.05) is 28.3 Å². The summed E-state index contributed by atoms with van der Waals surface area (Å²) in [6.07, 6.45) is 29.6. The van der Waals surface area contributed by atoms with Gasteiger partial charge in [-0.15, -0.1) is 0 Å². The van der Waals surface area contributed by atoms with Crippen LogP contribution in [0.2, 0.25) is 0 Å². The van der Waals surface area contributed by atoms with Gasteiger partial charge < -0.3 is 35.5 Å². The Labute approximate surface area is 585 Å². The van der Waals surface area contributed by atoms with Gasteiger partial charge in [0.25, 0.3) is 0 Å². The van der Waals surface area contributed by atoms with Crippen LogP contribution in [0.5, 0.6) is 0 Å². The van der Waals surface area contributed by atoms with Crippen LogP contribution < -0.4 is 5.48 Å². The van der Waals surface area contributed by atoms with Gasteiger partial charge in [0, 0.05) is 45.2 Å². The molecule has 0 aromatic rings. The lowest BCUT2D eigenvalue weighted by Gasteiger charge is -2.64. The molecule has 12 aliphatic carbocycles. The fourth-order valence-electron chi connectivity index (χ4n) is 27.2. The first-order valence-electron chi connectivity index (χ1n) is 39.3. The maximum absolute atomic E-state index is 14.0. The lowest BCUT2D eigenvalue weighted by molar-refractivity contribution is -0.203. The van der Waals surface area contributed by atoms with E-state index in [9.17, 15) is 44.4 Å². The summed E-state index contributed by atoms with van der Waals surface area (Å²) in [6, 6.07) is 0. The highest BCUT2D eigenvalue weighted by Gasteiger charge is 2.68. The fraction of sp³-hybridized carbons (Fsp3) is 0.890. The quantitative estimate of drug-likeness (QED) is 0.0596. The number of ketones is 2. The number of carbonyl (C=O) groups is 5. The number of hydrogen-bond acceptors (Lipinski definition) is 12. The van der Waals surface area contributed by atoms with E-state index in [1.165, 1.54) is 44.3 Å². The number of amides is 1. The maximum Gasteiger partial charge on any atom is 0.303 e. The normalized spacial score (nSPS) is 46.3. The highest BCUT2D eigenvalue weighted by atomic mass is 16.7. The number of carboxylic acids is 2. The molecule has 0 aromatic heterocycles. The molecule has 29 atom stereocenters. The molecule has 1 amide bonds. The number of carbonyl (C=O) groups excluding carboxylic acids is 3. The number of fused-ring (bicyclic) bond motifs is 15. The summed E-state index contributed by atoms with van der Waals surface area (Å²) in [7, 11) is 6.48. The molecular formula is C82H136N2O13. The van der Waals surface area contributed by atoms with Crippen molar-refractivity contribution >= 4 is 29.4 Å². The van der Waals surface area contributed by atoms with Crippen molar-refractivity contribution in [3.05, 3.63) is 23.3 Å². The number of hydroxylamine groups is 3. The molecule has 97 heavy (non-hydrogen) atoms. The highest BCUT2D eigenvalue weighted by Crippen LogP contribution is 2.73. The molecule has 0 bridgehead atoms. The van der Waals surface area contributed by atoms with Gasteiger partial charge in [-0.2, -0.15) is 0 Å². The van der Waals surface area contributed by atoms with E-state index in [1.807, 2.05) is 19.9 Å². The van der Waals surface area contributed by atoms with Crippen molar-refractivity contribution in [3.8, 4) is 0 Å². The van der Waals surface area contributed by atoms with Crippen LogP contribution in [0.15, 0.2) is 23.3 Å². The fourth-order valence-corrected chi connectivity index (χ4v) is 27.2. The summed E-state index contributed by atoms with van der Waals surface area (Å²) < 4.78 is 0. The van der Waals surface area contributed by atoms with E-state index >= 15 is 0 Å². The Morgan fingerprint density at radius 3 is 1.24 bits per heavy atom. The number of aliphatic carboxylic acids is 2. The summed E-state index contributed by atoms with van der Waals surface area (Å²) in [5.41, 5.74) is 5.47. The van der Waals surface area contributed by atoms with E-state index in [4.69, 9.17) is 15.1 Å². The minimum absolute atomic E-state index is 0.0337. The number of aliphatic hydroxyl groups excluding tert-OH is 4. The molecule has 0 aliphatic heterocycles. The summed E-state index contributed by atoms with van der Waals surface area (Å²) in [4.78, 5) is 71.7. The Balaban J connectivity index is 0.000000166. The summed E-state index contributed by atoms with van der Waals surface area (Å²) in [5, 5.41) is 62.5. The van der Waals surface area contributed by atoms with E-state index in [1.54, 1.807) is 21.2 Å². The largest absolute Gasteiger partial charge is 0.481 e. The standard InChI is InChI=1S/C28H45NO4.C26H44O4.C26H40O4.C2H7NO/c1-7-19-23-16-18(30)12-14-28(23,4)22-13-15-27(3)20(9-10-21(27)25(22)26(19)32)17(2)8-11-24(31)29(5)33-6;2*1-5-17-21-14-16(27)10-12-26(21,4)20-11-13-25(3)18(15(2)6-9-22(28)29)7-8-19(25)23(20)24(17)30;1-3-4-2/h7,17-18,20-23,25,30H,8-16H2,1-6H3;15-21,23-24,27,30H,5-14H2,1-4H3,(H,28,29);5,15-16,18-21,23,27H,6-14H2,1-4H3,(H,28,29);3H,1-2H3/b19-7+;;17-5+;/t17-,18-,20-,21?,22?,23+,25?,27-,28-;15-,16-,17-,18-,19?,20?,21+,23?,24-,25-,26-;15-,16-,18-,19?,20?,21+,23?,25-,26-;/m111./s1. The molecule has 12 saturated carbocycles. The molecule has 0 saturated heterocycles. The predicted molar refractivity (Wildman–Crippen MR) is 380 cm³/mol. The summed E-state index contributed by atoms with van der Waals surface area (Å²) in [5.74, 6) is 6.97. The van der Waals surface area contributed by atoms with Crippen LogP contribution in [0.25, 0.3) is 0 Å². The molecule has 0 aromatic carbocycles. The topological polar surface area (TPSA) is 240 Å². The first kappa shape index (κ1) is 78.1. The molecule has 15 nitrogen and oxygen atoms in total. The molecule has 552 valence electrons. The molecule has 7 N–H and O–H groups in total. The number of nitrogens with zero attached hydrogens (tertiary/aromatic N) is 1. The third-order valence-corrected chi connectivity index (χ3v) is 32.4. The smallest absolute Gasteiger partial charge is 0.303 e. The van der Waals surface area contributed by atoms with Gasteiger partial charge >= 0.3 is 11.9 Å². The van der Waals surface area contributed by atoms with Crippen LogP contribution in [-0.4, -0.2) is 118 Å². The number of allylic oxidation sites excluding steroid dienone is 4. The monoisotopic (exact) mass is 1360 g/mol. The van der Waals surface area contributed by atoms with Gasteiger partial charge in [0.2, 0.25) is 5.91 Å². The Hall–Kier alpha value is -3.05. The van der Waals surface area contributed by atoms with Crippen LogP contribution in [0.3, 0.4) is 0 Å². The second-order valence-electron chi connectivity index (χ2n) is 36.1. The maximum atomic E-state index is 14.0. The number of Topliss-reactive ketones (excluding diaryl/α,β-unsaturated/α-hetero) is 2. The van der Waals surface area contributed by atoms with E-state index < -0.39 is 11.9 Å². The van der Waals surface area contributed by atoms with Gasteiger partial charge in [-0.1, -0.05) is 87.8 Å². The van der Waals surface area contributed by atoms with Crippen molar-refractivity contribution in [2.45, 2.75) is 287 Å². The first-order valence-corrected chi connectivity index (χ1v) is 39.3. The molecule has 0 spiro atoms. The van der Waals surface area contributed by atoms with Crippen molar-refractivity contribution in [1.82, 2.24) is 10.5 Å². The minimum atomic E-state index is -0.705. The average molecular weight is 1360 g/mol. The number of hydrogen-bond donors (Lipinski definition) is 7. The van der Waals surface area contributed by atoms with Gasteiger partial charge in [-0.3, -0.25) is 28.8 Å². The van der Waals surface area contributed by atoms with Crippen molar-refractivity contribution < 1.29 is 64.3 Å². The zero-order chi connectivity index (χ0) is 71.2. The minimum Gasteiger partial charge on any atom is -0.481 e. The summed E-state index contributed by atoms with van der Waals surface area (Å²) >= 11 is 0. The molecule has 0 heterocycles. The van der Waals surface area contributed by atoms with Crippen molar-refractivity contribution in [3.63, 3.8) is 0 Å². The van der Waals surface area contributed by atoms with Gasteiger partial charge in [0.05, 0.1) is 38.6 Å². The predicted octanol–water partition coefficient (Wildman–Crippen LogP) is 15.3. The number of carboxylic acid groups (broad SMARTS) is 2. The zero-order valence-electron chi connectivity index (χ0n) is 63.2. The van der Waals surface area contributed by atoms with E-state index in [0.717, 1.165) is 140 Å². The van der Waals surface area contributed by atoms with Crippen LogP contribution in [-0.2, 0) is 33.6 Å². The molecule has 15 heteroatoms. The third kappa shape index (κ3) is 14.3. The second-order valence-corrected chi connectivity index (χ2v) is 36.1. The molecule has 12 rings (SSSR count). The Morgan fingerprint density at radius 2 is 0.856 bits per heavy atom. The Bertz CT molecular complexity index is 2820. The van der Waals surface area contributed by atoms with E-state index in [2.05, 4.69) is 85.6 Å². The average Bonchev–Trinajstić information content (AvgIpc) is 1.70. The van der Waals surface area contributed by atoms with Gasteiger partial charge in [0.15, 0.2) is 11.6 Å². The molecule has 12 fully saturated rings. The number of rotatable bonds is 15. The Kier molecular flexibility index (Phi) is 25.0. The zero-order valence-corrected chi connectivity index (χ0v) is 63.2. The molecular weight excluding hydrogens is 1220 g/mol. The van der Waals surface area contributed by atoms with Crippen LogP contribution in [0.1, 0.15) is 263 Å². The van der Waals surface area contributed by atoms with Crippen LogP contribution in [0.4, 0.5) is 0 Å². The van der Waals surface area contributed by atoms with E-state index in [0.29, 0.717) is 107 Å². The lowest BCUT2D eigenvalue weighted by atomic mass is 9.41. The van der Waals surface area contributed by atoms with Crippen molar-refractivity contribution in [2.24, 2.45) is 145 Å². The number of nitrogens with one attached hydrogen (secondary N) is 1. The number of aliphatic hydroxyl groups is 4. The molecule has 0 radical (unpaired) electrons. The summed E-state index contributed by atoms with van der Waals surface area (Å²) in [6.45, 7) is 27.7. The van der Waals surface area contributed by atoms with Crippen molar-refractivity contribution in [1.29, 1.82) is 0 Å². The Morgan fingerprint density at radius 1 is 0.515 bits per heavy atom. The third-order valence-electron chi connectivity index (χ3n) is 32.4. The molecule has 12 aliphatic rings. The lowest BCUT2D eigenvalue weighted by Crippen LogP contribution is -2.62. The van der Waals surface area contributed by atoms with Gasteiger partial charge in [-0.05, 0) is 312 Å². The molecule has 9 unspecified atom stereocenters. The van der Waals surface area contributed by atoms with E-state index in [-0.39, 0.29) is 99.3 Å².